The van der Waals surface area contributed by atoms with Crippen molar-refractivity contribution < 1.29 is 4.79 Å². The zero-order valence-electron chi connectivity index (χ0n) is 12.1. The van der Waals surface area contributed by atoms with Crippen molar-refractivity contribution in [3.63, 3.8) is 0 Å². The Morgan fingerprint density at radius 2 is 2.25 bits per heavy atom. The predicted molar refractivity (Wildman–Crippen MR) is 77.6 cm³/mol. The van der Waals surface area contributed by atoms with Crippen LogP contribution in [0.25, 0.3) is 0 Å². The molecule has 0 unspecified atom stereocenters. The van der Waals surface area contributed by atoms with Crippen LogP contribution in [0.5, 0.6) is 0 Å². The highest BCUT2D eigenvalue weighted by Crippen LogP contribution is 2.28. The van der Waals surface area contributed by atoms with E-state index in [0.717, 1.165) is 18.2 Å². The van der Waals surface area contributed by atoms with E-state index in [9.17, 15) is 9.59 Å². The molecule has 1 saturated carbocycles. The van der Waals surface area contributed by atoms with Crippen LogP contribution in [0.3, 0.4) is 0 Å². The average molecular weight is 278 g/mol. The number of amides is 1. The van der Waals surface area contributed by atoms with Crippen molar-refractivity contribution in [2.45, 2.75) is 32.2 Å². The Kier molecular flexibility index (Phi) is 4.76. The van der Waals surface area contributed by atoms with E-state index < -0.39 is 0 Å². The molecule has 2 rings (SSSR count). The van der Waals surface area contributed by atoms with Crippen LogP contribution in [0.4, 0.5) is 5.69 Å². The van der Waals surface area contributed by atoms with E-state index in [2.05, 4.69) is 10.4 Å². The largest absolute Gasteiger partial charge is 0.383 e. The standard InChI is InChI=1S/C14H22N4O2/c1-17(2)13(19)4-3-7-18-14(20)8-12(10-16-18)15-9-11-5-6-11/h8,10-11,15H,3-7,9H2,1-2H3. The Bertz CT molecular complexity index is 520. The number of hydrogen-bond acceptors (Lipinski definition) is 4. The lowest BCUT2D eigenvalue weighted by molar-refractivity contribution is -0.128. The molecule has 0 bridgehead atoms. The van der Waals surface area contributed by atoms with Gasteiger partial charge < -0.3 is 10.2 Å². The fourth-order valence-electron chi connectivity index (χ4n) is 1.89. The number of carbonyl (C=O) groups excluding carboxylic acids is 1. The first-order valence-corrected chi connectivity index (χ1v) is 7.07. The fraction of sp³-hybridized carbons (Fsp3) is 0.643. The van der Waals surface area contributed by atoms with Crippen LogP contribution in [0.2, 0.25) is 0 Å². The highest BCUT2D eigenvalue weighted by molar-refractivity contribution is 5.75. The van der Waals surface area contributed by atoms with E-state index in [0.29, 0.717) is 19.4 Å². The highest BCUT2D eigenvalue weighted by Gasteiger charge is 2.20. The molecule has 1 fully saturated rings. The lowest BCUT2D eigenvalue weighted by Gasteiger charge is -2.10. The molecule has 20 heavy (non-hydrogen) atoms. The number of aryl methyl sites for hydroxylation is 1. The third-order valence-electron chi connectivity index (χ3n) is 3.42. The maximum Gasteiger partial charge on any atom is 0.268 e. The maximum atomic E-state index is 11.9. The van der Waals surface area contributed by atoms with Crippen molar-refractivity contribution in [1.82, 2.24) is 14.7 Å². The van der Waals surface area contributed by atoms with Gasteiger partial charge in [0.25, 0.3) is 5.56 Å². The van der Waals surface area contributed by atoms with Crippen molar-refractivity contribution >= 4 is 11.6 Å². The molecular weight excluding hydrogens is 256 g/mol. The van der Waals surface area contributed by atoms with Gasteiger partial charge in [-0.2, -0.15) is 5.10 Å². The van der Waals surface area contributed by atoms with Crippen molar-refractivity contribution in [3.05, 3.63) is 22.6 Å². The third-order valence-corrected chi connectivity index (χ3v) is 3.42. The molecule has 1 aliphatic carbocycles. The van der Waals surface area contributed by atoms with Gasteiger partial charge in [-0.05, 0) is 25.2 Å². The van der Waals surface area contributed by atoms with Crippen LogP contribution >= 0.6 is 0 Å². The van der Waals surface area contributed by atoms with Crippen LogP contribution in [0.15, 0.2) is 17.1 Å². The summed E-state index contributed by atoms with van der Waals surface area (Å²) in [5.41, 5.74) is 0.658. The number of aromatic nitrogens is 2. The first-order valence-electron chi connectivity index (χ1n) is 7.07. The second-order valence-corrected chi connectivity index (χ2v) is 5.52. The fourth-order valence-corrected chi connectivity index (χ4v) is 1.89. The van der Waals surface area contributed by atoms with Gasteiger partial charge in [-0.1, -0.05) is 0 Å². The number of rotatable bonds is 7. The number of anilines is 1. The molecule has 0 spiro atoms. The van der Waals surface area contributed by atoms with Gasteiger partial charge in [0.05, 0.1) is 11.9 Å². The van der Waals surface area contributed by atoms with Crippen LogP contribution in [0, 0.1) is 5.92 Å². The predicted octanol–water partition coefficient (Wildman–Crippen LogP) is 0.934. The zero-order valence-corrected chi connectivity index (χ0v) is 12.1. The summed E-state index contributed by atoms with van der Waals surface area (Å²) in [7, 11) is 3.46. The van der Waals surface area contributed by atoms with Gasteiger partial charge in [0, 0.05) is 39.7 Å². The summed E-state index contributed by atoms with van der Waals surface area (Å²) in [5, 5.41) is 7.36. The van der Waals surface area contributed by atoms with Crippen LogP contribution in [-0.4, -0.2) is 41.2 Å². The Morgan fingerprint density at radius 3 is 2.85 bits per heavy atom. The molecule has 0 radical (unpaired) electrons. The van der Waals surface area contributed by atoms with Crippen LogP contribution in [-0.2, 0) is 11.3 Å². The summed E-state index contributed by atoms with van der Waals surface area (Å²) in [6, 6.07) is 1.57. The van der Waals surface area contributed by atoms with E-state index in [1.807, 2.05) is 0 Å². The first-order chi connectivity index (χ1) is 9.56. The van der Waals surface area contributed by atoms with E-state index in [1.54, 1.807) is 31.3 Å². The molecule has 6 nitrogen and oxygen atoms in total. The molecule has 1 aromatic rings. The molecule has 1 amide bonds. The molecule has 1 aliphatic rings. The molecule has 1 heterocycles. The summed E-state index contributed by atoms with van der Waals surface area (Å²) in [6.45, 7) is 1.39. The molecule has 0 saturated heterocycles. The van der Waals surface area contributed by atoms with Crippen molar-refractivity contribution in [1.29, 1.82) is 0 Å². The Hall–Kier alpha value is -1.85. The van der Waals surface area contributed by atoms with Gasteiger partial charge in [0.15, 0.2) is 0 Å². The summed E-state index contributed by atoms with van der Waals surface area (Å²) in [5.74, 6) is 0.829. The van der Waals surface area contributed by atoms with Gasteiger partial charge in [-0.15, -0.1) is 0 Å². The Labute approximate surface area is 118 Å². The van der Waals surface area contributed by atoms with Crippen molar-refractivity contribution in [2.75, 3.05) is 26.0 Å². The topological polar surface area (TPSA) is 67.2 Å². The average Bonchev–Trinajstić information content (AvgIpc) is 3.22. The number of hydrogen-bond donors (Lipinski definition) is 1. The second-order valence-electron chi connectivity index (χ2n) is 5.52. The van der Waals surface area contributed by atoms with Gasteiger partial charge in [0.2, 0.25) is 5.91 Å². The highest BCUT2D eigenvalue weighted by atomic mass is 16.2. The summed E-state index contributed by atoms with van der Waals surface area (Å²) in [6.07, 6.45) is 5.29. The maximum absolute atomic E-state index is 11.9. The number of carbonyl (C=O) groups is 1. The van der Waals surface area contributed by atoms with E-state index in [-0.39, 0.29) is 11.5 Å². The van der Waals surface area contributed by atoms with Gasteiger partial charge >= 0.3 is 0 Å². The minimum Gasteiger partial charge on any atom is -0.383 e. The number of nitrogens with one attached hydrogen (secondary N) is 1. The SMILES string of the molecule is CN(C)C(=O)CCCn1ncc(NCC2CC2)cc1=O. The normalized spacial score (nSPS) is 14.1. The second kappa shape index (κ2) is 6.54. The zero-order chi connectivity index (χ0) is 14.5. The van der Waals surface area contributed by atoms with E-state index in [4.69, 9.17) is 0 Å². The quantitative estimate of drug-likeness (QED) is 0.806. The van der Waals surface area contributed by atoms with Crippen molar-refractivity contribution in [3.8, 4) is 0 Å². The molecule has 1 N–H and O–H groups in total. The molecule has 6 heteroatoms. The summed E-state index contributed by atoms with van der Waals surface area (Å²) < 4.78 is 1.41. The summed E-state index contributed by atoms with van der Waals surface area (Å²) >= 11 is 0. The van der Waals surface area contributed by atoms with Gasteiger partial charge in [-0.25, -0.2) is 4.68 Å². The lowest BCUT2D eigenvalue weighted by Crippen LogP contribution is -2.25. The summed E-state index contributed by atoms with van der Waals surface area (Å²) in [4.78, 5) is 24.9. The van der Waals surface area contributed by atoms with Gasteiger partial charge in [0.1, 0.15) is 0 Å². The Morgan fingerprint density at radius 1 is 1.50 bits per heavy atom. The molecule has 1 aromatic heterocycles. The lowest BCUT2D eigenvalue weighted by atomic mass is 10.3. The van der Waals surface area contributed by atoms with E-state index >= 15 is 0 Å². The van der Waals surface area contributed by atoms with Gasteiger partial charge in [-0.3, -0.25) is 9.59 Å². The van der Waals surface area contributed by atoms with Crippen molar-refractivity contribution in [2.24, 2.45) is 5.92 Å². The minimum atomic E-state index is -0.122. The third kappa shape index (κ3) is 4.36. The smallest absolute Gasteiger partial charge is 0.268 e. The monoisotopic (exact) mass is 278 g/mol. The van der Waals surface area contributed by atoms with Crippen LogP contribution in [0.1, 0.15) is 25.7 Å². The molecule has 0 aliphatic heterocycles. The molecular formula is C14H22N4O2. The number of nitrogens with zero attached hydrogens (tertiary/aromatic N) is 3. The molecule has 0 aromatic carbocycles. The first kappa shape index (κ1) is 14.6. The van der Waals surface area contributed by atoms with E-state index in [1.165, 1.54) is 17.5 Å². The minimum absolute atomic E-state index is 0.0702. The molecule has 0 atom stereocenters. The van der Waals surface area contributed by atoms with Crippen LogP contribution < -0.4 is 10.9 Å². The Balaban J connectivity index is 1.82. The molecule has 110 valence electrons.